The lowest BCUT2D eigenvalue weighted by molar-refractivity contribution is -0.143. The van der Waals surface area contributed by atoms with E-state index >= 15 is 0 Å². The van der Waals surface area contributed by atoms with Crippen LogP contribution < -0.4 is 14.8 Å². The van der Waals surface area contributed by atoms with Crippen molar-refractivity contribution in [1.82, 2.24) is 0 Å². The van der Waals surface area contributed by atoms with Crippen LogP contribution in [0.15, 0.2) is 41.3 Å². The van der Waals surface area contributed by atoms with Crippen molar-refractivity contribution < 1.29 is 44.3 Å². The Morgan fingerprint density at radius 1 is 1.06 bits per heavy atom. The normalized spacial score (nSPS) is 16.8. The number of hydrogen-bond donors (Lipinski definition) is 1. The van der Waals surface area contributed by atoms with E-state index in [0.29, 0.717) is 23.4 Å². The third kappa shape index (κ3) is 4.99. The van der Waals surface area contributed by atoms with Crippen molar-refractivity contribution in [3.8, 4) is 5.75 Å². The monoisotopic (exact) mass is 482 g/mol. The van der Waals surface area contributed by atoms with Crippen LogP contribution in [0.3, 0.4) is 0 Å². The predicted molar refractivity (Wildman–Crippen MR) is 100 cm³/mol. The predicted octanol–water partition coefficient (Wildman–Crippen LogP) is 3.73. The van der Waals surface area contributed by atoms with Crippen molar-refractivity contribution in [3.05, 3.63) is 53.1 Å². The Morgan fingerprint density at radius 2 is 1.62 bits per heavy atom. The molecule has 0 aromatic heterocycles. The van der Waals surface area contributed by atoms with Crippen molar-refractivity contribution in [2.24, 2.45) is 5.14 Å². The van der Waals surface area contributed by atoms with Crippen LogP contribution in [0, 0.1) is 0 Å². The number of amides is 1. The van der Waals surface area contributed by atoms with E-state index in [4.69, 9.17) is 9.88 Å². The average Bonchev–Trinajstić information content (AvgIpc) is 2.98. The first-order valence-electron chi connectivity index (χ1n) is 8.97. The van der Waals surface area contributed by atoms with Crippen LogP contribution in [0.1, 0.15) is 23.6 Å². The summed E-state index contributed by atoms with van der Waals surface area (Å²) in [7, 11) is -3.97. The van der Waals surface area contributed by atoms with E-state index in [1.807, 2.05) is 0 Å². The molecule has 2 N–H and O–H groups in total. The number of benzene rings is 2. The number of rotatable bonds is 4. The molecule has 1 heterocycles. The first-order chi connectivity index (χ1) is 14.6. The van der Waals surface area contributed by atoms with Crippen molar-refractivity contribution in [2.45, 2.75) is 36.6 Å². The Kier molecular flexibility index (Phi) is 5.93. The third-order valence-electron chi connectivity index (χ3n) is 4.79. The lowest BCUT2D eigenvalue weighted by atomic mass is 10.1. The molecule has 0 spiro atoms. The summed E-state index contributed by atoms with van der Waals surface area (Å²) in [6.45, 7) is 0.805. The molecular weight excluding hydrogens is 466 g/mol. The molecule has 1 aliphatic heterocycles. The Morgan fingerprint density at radius 3 is 2.12 bits per heavy atom. The largest absolute Gasteiger partial charge is 0.484 e. The molecule has 13 heteroatoms. The summed E-state index contributed by atoms with van der Waals surface area (Å²) in [6.07, 6.45) is -9.83. The maximum atomic E-state index is 13.0. The number of sulfonamides is 1. The fourth-order valence-corrected chi connectivity index (χ4v) is 3.95. The number of primary sulfonamides is 1. The summed E-state index contributed by atoms with van der Waals surface area (Å²) in [5.74, 6) is -1.50. The molecule has 0 radical (unpaired) electrons. The van der Waals surface area contributed by atoms with Gasteiger partial charge in [-0.2, -0.15) is 26.3 Å². The SMILES string of the molecule is CC1Cc2cc(S(N)(=O)=O)ccc2N1C(=O)COc1cc(C(F)(F)F)cc(C(F)(F)F)c1. The Balaban J connectivity index is 1.84. The van der Waals surface area contributed by atoms with Gasteiger partial charge in [-0.15, -0.1) is 0 Å². The Hall–Kier alpha value is -2.80. The molecule has 0 aliphatic carbocycles. The maximum absolute atomic E-state index is 13.0. The van der Waals surface area contributed by atoms with E-state index in [2.05, 4.69) is 0 Å². The van der Waals surface area contributed by atoms with Gasteiger partial charge in [0.25, 0.3) is 5.91 Å². The minimum absolute atomic E-state index is 0.0451. The van der Waals surface area contributed by atoms with E-state index in [0.717, 1.165) is 0 Å². The zero-order valence-corrected chi connectivity index (χ0v) is 17.1. The molecule has 2 aromatic rings. The molecule has 0 bridgehead atoms. The standard InChI is InChI=1S/C19H16F6N2O4S/c1-10-4-11-5-15(32(26,29)30)2-3-16(11)27(10)17(28)9-31-14-7-12(18(20,21)22)6-13(8-14)19(23,24)25/h2-3,5-8,10H,4,9H2,1H3,(H2,26,29,30). The summed E-state index contributed by atoms with van der Waals surface area (Å²) < 4.78 is 106. The van der Waals surface area contributed by atoms with Crippen LogP contribution in [0.4, 0.5) is 32.0 Å². The second-order valence-corrected chi connectivity index (χ2v) is 8.74. The number of ether oxygens (including phenoxy) is 1. The van der Waals surface area contributed by atoms with Crippen molar-refractivity contribution >= 4 is 21.6 Å². The van der Waals surface area contributed by atoms with Gasteiger partial charge >= 0.3 is 12.4 Å². The van der Waals surface area contributed by atoms with E-state index in [9.17, 15) is 39.6 Å². The first kappa shape index (κ1) is 23.9. The van der Waals surface area contributed by atoms with Gasteiger partial charge in [0, 0.05) is 11.7 Å². The van der Waals surface area contributed by atoms with Gasteiger partial charge in [0.05, 0.1) is 16.0 Å². The molecule has 0 saturated heterocycles. The van der Waals surface area contributed by atoms with Gasteiger partial charge in [0.1, 0.15) is 5.75 Å². The Bertz CT molecular complexity index is 1130. The number of halogens is 6. The zero-order valence-electron chi connectivity index (χ0n) is 16.3. The van der Waals surface area contributed by atoms with Gasteiger partial charge in [-0.1, -0.05) is 0 Å². The van der Waals surface area contributed by atoms with E-state index in [1.165, 1.54) is 23.1 Å². The molecule has 3 rings (SSSR count). The van der Waals surface area contributed by atoms with Crippen LogP contribution in [0.25, 0.3) is 0 Å². The number of anilines is 1. The number of nitrogens with two attached hydrogens (primary N) is 1. The highest BCUT2D eigenvalue weighted by Crippen LogP contribution is 2.38. The van der Waals surface area contributed by atoms with Gasteiger partial charge < -0.3 is 9.64 Å². The highest BCUT2D eigenvalue weighted by Gasteiger charge is 2.37. The van der Waals surface area contributed by atoms with Crippen LogP contribution in [0.5, 0.6) is 5.75 Å². The Labute approximate surface area is 178 Å². The number of fused-ring (bicyclic) bond motifs is 1. The molecule has 32 heavy (non-hydrogen) atoms. The van der Waals surface area contributed by atoms with Gasteiger partial charge in [-0.3, -0.25) is 4.79 Å². The summed E-state index contributed by atoms with van der Waals surface area (Å²) in [4.78, 5) is 13.7. The van der Waals surface area contributed by atoms with Crippen LogP contribution in [0.2, 0.25) is 0 Å². The van der Waals surface area contributed by atoms with Crippen LogP contribution in [-0.2, 0) is 33.6 Å². The van der Waals surface area contributed by atoms with Crippen molar-refractivity contribution in [1.29, 1.82) is 0 Å². The molecule has 1 unspecified atom stereocenters. The lowest BCUT2D eigenvalue weighted by Crippen LogP contribution is -2.39. The number of hydrogen-bond acceptors (Lipinski definition) is 4. The van der Waals surface area contributed by atoms with Gasteiger partial charge in [-0.25, -0.2) is 13.6 Å². The minimum atomic E-state index is -5.05. The first-order valence-corrected chi connectivity index (χ1v) is 10.5. The van der Waals surface area contributed by atoms with Gasteiger partial charge in [0.2, 0.25) is 10.0 Å². The number of carbonyl (C=O) groups is 1. The average molecular weight is 482 g/mol. The zero-order chi connectivity index (χ0) is 24.1. The second kappa shape index (κ2) is 7.96. The molecule has 2 aromatic carbocycles. The molecule has 6 nitrogen and oxygen atoms in total. The smallest absolute Gasteiger partial charge is 0.416 e. The van der Waals surface area contributed by atoms with Crippen LogP contribution in [-0.4, -0.2) is 27.0 Å². The fraction of sp³-hybridized carbons (Fsp3) is 0.316. The maximum Gasteiger partial charge on any atom is 0.416 e. The molecule has 0 fully saturated rings. The molecular formula is C19H16F6N2O4S. The lowest BCUT2D eigenvalue weighted by Gasteiger charge is -2.23. The van der Waals surface area contributed by atoms with E-state index < -0.39 is 57.8 Å². The van der Waals surface area contributed by atoms with Gasteiger partial charge in [0.15, 0.2) is 6.61 Å². The quantitative estimate of drug-likeness (QED) is 0.673. The summed E-state index contributed by atoms with van der Waals surface area (Å²) in [5, 5.41) is 5.09. The fourth-order valence-electron chi connectivity index (χ4n) is 3.39. The molecule has 1 aliphatic rings. The van der Waals surface area contributed by atoms with Crippen molar-refractivity contribution in [2.75, 3.05) is 11.5 Å². The molecule has 174 valence electrons. The molecule has 0 saturated carbocycles. The van der Waals surface area contributed by atoms with Crippen molar-refractivity contribution in [3.63, 3.8) is 0 Å². The summed E-state index contributed by atoms with van der Waals surface area (Å²) >= 11 is 0. The van der Waals surface area contributed by atoms with E-state index in [1.54, 1.807) is 6.92 Å². The number of nitrogens with zero attached hydrogens (tertiary/aromatic N) is 1. The third-order valence-corrected chi connectivity index (χ3v) is 5.70. The van der Waals surface area contributed by atoms with E-state index in [-0.39, 0.29) is 17.4 Å². The second-order valence-electron chi connectivity index (χ2n) is 7.18. The highest BCUT2D eigenvalue weighted by atomic mass is 32.2. The summed E-state index contributed by atoms with van der Waals surface area (Å²) in [6, 6.07) is 4.10. The topological polar surface area (TPSA) is 89.7 Å². The van der Waals surface area contributed by atoms with Crippen LogP contribution >= 0.6 is 0 Å². The summed E-state index contributed by atoms with van der Waals surface area (Å²) in [5.41, 5.74) is -2.29. The molecule has 1 amide bonds. The number of carbonyl (C=O) groups excluding carboxylic acids is 1. The molecule has 1 atom stereocenters. The minimum Gasteiger partial charge on any atom is -0.484 e. The highest BCUT2D eigenvalue weighted by molar-refractivity contribution is 7.89. The number of alkyl halides is 6. The van der Waals surface area contributed by atoms with Gasteiger partial charge in [-0.05, 0) is 55.3 Å².